The van der Waals surface area contributed by atoms with Crippen LogP contribution in [0.2, 0.25) is 0 Å². The summed E-state index contributed by atoms with van der Waals surface area (Å²) < 4.78 is 10.6. The molecule has 0 aliphatic heterocycles. The molecule has 22 heavy (non-hydrogen) atoms. The summed E-state index contributed by atoms with van der Waals surface area (Å²) in [6.07, 6.45) is -0.644. The van der Waals surface area contributed by atoms with Crippen LogP contribution in [0.1, 0.15) is 18.1 Å². The van der Waals surface area contributed by atoms with Crippen LogP contribution in [-0.2, 0) is 9.53 Å². The minimum atomic E-state index is -0.644. The molecule has 0 fully saturated rings. The molecule has 1 aromatic rings. The normalized spacial score (nSPS) is 11.5. The summed E-state index contributed by atoms with van der Waals surface area (Å²) in [6, 6.07) is 5.74. The SMILES string of the molecule is COCCNC(=S)NNC(=O)[C@@H](C)Oc1cccc(C)c1C. The fourth-order valence-corrected chi connectivity index (χ4v) is 1.78. The molecule has 0 bridgehead atoms. The number of amides is 1. The maximum atomic E-state index is 12.0. The Bertz CT molecular complexity index is 523. The van der Waals surface area contributed by atoms with E-state index in [2.05, 4.69) is 16.2 Å². The van der Waals surface area contributed by atoms with E-state index in [0.717, 1.165) is 11.1 Å². The third-order valence-electron chi connectivity index (χ3n) is 3.12. The van der Waals surface area contributed by atoms with Gasteiger partial charge in [-0.05, 0) is 50.2 Å². The van der Waals surface area contributed by atoms with Crippen LogP contribution in [-0.4, -0.2) is 37.4 Å². The molecule has 0 heterocycles. The van der Waals surface area contributed by atoms with E-state index in [0.29, 0.717) is 24.0 Å². The maximum absolute atomic E-state index is 12.0. The van der Waals surface area contributed by atoms with E-state index in [1.54, 1.807) is 14.0 Å². The molecule has 0 saturated carbocycles. The summed E-state index contributed by atoms with van der Waals surface area (Å²) in [4.78, 5) is 12.0. The maximum Gasteiger partial charge on any atom is 0.279 e. The summed E-state index contributed by atoms with van der Waals surface area (Å²) in [5.41, 5.74) is 7.26. The number of aryl methyl sites for hydroxylation is 1. The lowest BCUT2D eigenvalue weighted by molar-refractivity contribution is -0.127. The second kappa shape index (κ2) is 9.22. The van der Waals surface area contributed by atoms with Crippen molar-refractivity contribution >= 4 is 23.2 Å². The third-order valence-corrected chi connectivity index (χ3v) is 3.37. The molecule has 1 amide bonds. The van der Waals surface area contributed by atoms with Crippen LogP contribution in [0.25, 0.3) is 0 Å². The van der Waals surface area contributed by atoms with E-state index in [-0.39, 0.29) is 5.91 Å². The van der Waals surface area contributed by atoms with E-state index >= 15 is 0 Å². The summed E-state index contributed by atoms with van der Waals surface area (Å²) in [5, 5.41) is 3.21. The molecule has 1 aromatic carbocycles. The van der Waals surface area contributed by atoms with Gasteiger partial charge in [-0.3, -0.25) is 15.6 Å². The summed E-state index contributed by atoms with van der Waals surface area (Å²) in [6.45, 7) is 6.73. The number of rotatable bonds is 6. The second-order valence-corrected chi connectivity index (χ2v) is 5.23. The Morgan fingerprint density at radius 3 is 2.73 bits per heavy atom. The fourth-order valence-electron chi connectivity index (χ4n) is 1.63. The Kier molecular flexibility index (Phi) is 7.62. The van der Waals surface area contributed by atoms with Gasteiger partial charge in [-0.25, -0.2) is 0 Å². The van der Waals surface area contributed by atoms with Gasteiger partial charge in [0, 0.05) is 13.7 Å². The van der Waals surface area contributed by atoms with Crippen molar-refractivity contribution in [3.8, 4) is 5.75 Å². The van der Waals surface area contributed by atoms with E-state index in [9.17, 15) is 4.79 Å². The fraction of sp³-hybridized carbons (Fsp3) is 0.467. The molecule has 3 N–H and O–H groups in total. The summed E-state index contributed by atoms with van der Waals surface area (Å²) in [7, 11) is 1.60. The lowest BCUT2D eigenvalue weighted by Gasteiger charge is -2.18. The zero-order valence-electron chi connectivity index (χ0n) is 13.4. The molecule has 0 unspecified atom stereocenters. The van der Waals surface area contributed by atoms with Crippen LogP contribution in [0.4, 0.5) is 0 Å². The molecule has 0 saturated heterocycles. The van der Waals surface area contributed by atoms with Crippen molar-refractivity contribution in [3.05, 3.63) is 29.3 Å². The molecular formula is C15H23N3O3S. The van der Waals surface area contributed by atoms with Crippen LogP contribution >= 0.6 is 12.2 Å². The van der Waals surface area contributed by atoms with Crippen molar-refractivity contribution in [2.75, 3.05) is 20.3 Å². The van der Waals surface area contributed by atoms with Crippen LogP contribution in [0.5, 0.6) is 5.75 Å². The highest BCUT2D eigenvalue weighted by atomic mass is 32.1. The zero-order chi connectivity index (χ0) is 16.5. The quantitative estimate of drug-likeness (QED) is 0.415. The third kappa shape index (κ3) is 5.87. The van der Waals surface area contributed by atoms with Crippen LogP contribution in [0, 0.1) is 13.8 Å². The van der Waals surface area contributed by atoms with Crippen LogP contribution in [0.15, 0.2) is 18.2 Å². The van der Waals surface area contributed by atoms with Gasteiger partial charge in [0.2, 0.25) is 0 Å². The first-order chi connectivity index (χ1) is 10.5. The van der Waals surface area contributed by atoms with E-state index in [1.165, 1.54) is 0 Å². The van der Waals surface area contributed by atoms with Crippen molar-refractivity contribution in [1.29, 1.82) is 0 Å². The number of hydrogen-bond donors (Lipinski definition) is 3. The molecule has 0 aliphatic carbocycles. The van der Waals surface area contributed by atoms with Gasteiger partial charge in [0.15, 0.2) is 11.2 Å². The van der Waals surface area contributed by atoms with Crippen LogP contribution in [0.3, 0.4) is 0 Å². The molecular weight excluding hydrogens is 302 g/mol. The van der Waals surface area contributed by atoms with Crippen molar-refractivity contribution in [1.82, 2.24) is 16.2 Å². The predicted molar refractivity (Wildman–Crippen MR) is 89.8 cm³/mol. The Morgan fingerprint density at radius 2 is 2.05 bits per heavy atom. The molecule has 1 atom stereocenters. The molecule has 122 valence electrons. The lowest BCUT2D eigenvalue weighted by Crippen LogP contribution is -2.50. The molecule has 0 aromatic heterocycles. The minimum absolute atomic E-state index is 0.309. The molecule has 0 radical (unpaired) electrons. The molecule has 0 aliphatic rings. The highest BCUT2D eigenvalue weighted by molar-refractivity contribution is 7.80. The van der Waals surface area contributed by atoms with Crippen LogP contribution < -0.4 is 20.9 Å². The Morgan fingerprint density at radius 1 is 1.32 bits per heavy atom. The zero-order valence-corrected chi connectivity index (χ0v) is 14.2. The molecule has 6 nitrogen and oxygen atoms in total. The van der Waals surface area contributed by atoms with Crippen molar-refractivity contribution in [2.24, 2.45) is 0 Å². The first-order valence-corrected chi connectivity index (χ1v) is 7.42. The topological polar surface area (TPSA) is 71.6 Å². The van der Waals surface area contributed by atoms with Gasteiger partial charge in [-0.1, -0.05) is 12.1 Å². The van der Waals surface area contributed by atoms with E-state index < -0.39 is 6.10 Å². The Labute approximate surface area is 136 Å². The summed E-state index contributed by atoms with van der Waals surface area (Å²) >= 11 is 5.01. The second-order valence-electron chi connectivity index (χ2n) is 4.82. The standard InChI is InChI=1S/C15H23N3O3S/c1-10-6-5-7-13(11(10)2)21-12(3)14(19)17-18-15(22)16-8-9-20-4/h5-7,12H,8-9H2,1-4H3,(H,17,19)(H2,16,18,22)/t12-/m1/s1. The minimum Gasteiger partial charge on any atom is -0.481 e. The van der Waals surface area contributed by atoms with Crippen molar-refractivity contribution < 1.29 is 14.3 Å². The number of thiocarbonyl (C=S) groups is 1. The smallest absolute Gasteiger partial charge is 0.279 e. The van der Waals surface area contributed by atoms with Gasteiger partial charge in [0.1, 0.15) is 5.75 Å². The van der Waals surface area contributed by atoms with Gasteiger partial charge in [0.25, 0.3) is 5.91 Å². The molecule has 0 spiro atoms. The number of nitrogens with one attached hydrogen (secondary N) is 3. The van der Waals surface area contributed by atoms with Gasteiger partial charge >= 0.3 is 0 Å². The Balaban J connectivity index is 2.42. The highest BCUT2D eigenvalue weighted by Crippen LogP contribution is 2.21. The monoisotopic (exact) mass is 325 g/mol. The lowest BCUT2D eigenvalue weighted by atomic mass is 10.1. The Hall–Kier alpha value is -1.86. The first kappa shape index (κ1) is 18.2. The summed E-state index contributed by atoms with van der Waals surface area (Å²) in [5.74, 6) is 0.389. The van der Waals surface area contributed by atoms with Crippen molar-refractivity contribution in [3.63, 3.8) is 0 Å². The highest BCUT2D eigenvalue weighted by Gasteiger charge is 2.16. The largest absolute Gasteiger partial charge is 0.481 e. The number of hydrazine groups is 1. The van der Waals surface area contributed by atoms with Gasteiger partial charge in [-0.15, -0.1) is 0 Å². The van der Waals surface area contributed by atoms with E-state index in [1.807, 2.05) is 32.0 Å². The molecule has 7 heteroatoms. The predicted octanol–water partition coefficient (Wildman–Crippen LogP) is 1.21. The number of ether oxygens (including phenoxy) is 2. The van der Waals surface area contributed by atoms with Gasteiger partial charge in [0.05, 0.1) is 6.61 Å². The number of benzene rings is 1. The number of carbonyl (C=O) groups is 1. The number of hydrogen-bond acceptors (Lipinski definition) is 4. The van der Waals surface area contributed by atoms with Crippen molar-refractivity contribution in [2.45, 2.75) is 26.9 Å². The van der Waals surface area contributed by atoms with Gasteiger partial charge < -0.3 is 14.8 Å². The molecule has 1 rings (SSSR count). The first-order valence-electron chi connectivity index (χ1n) is 7.01. The van der Waals surface area contributed by atoms with Gasteiger partial charge in [-0.2, -0.15) is 0 Å². The van der Waals surface area contributed by atoms with E-state index in [4.69, 9.17) is 21.7 Å². The average Bonchev–Trinajstić information content (AvgIpc) is 2.49. The number of methoxy groups -OCH3 is 1. The number of carbonyl (C=O) groups excluding carboxylic acids is 1. The average molecular weight is 325 g/mol.